The molecule has 1 fully saturated rings. The van der Waals surface area contributed by atoms with Crippen LogP contribution < -0.4 is 5.32 Å². The van der Waals surface area contributed by atoms with E-state index in [1.165, 1.54) is 17.3 Å². The molecule has 1 aliphatic heterocycles. The maximum absolute atomic E-state index is 10.5. The van der Waals surface area contributed by atoms with Crippen LogP contribution in [0, 0.1) is 0 Å². The first-order chi connectivity index (χ1) is 13.1. The SMILES string of the molecule is OCC1O[C@H](OCCCl)C(n2cc(CNc3ncncn3)nn2)[C@@H](O)[C@@H]1O. The van der Waals surface area contributed by atoms with E-state index in [1.54, 1.807) is 6.20 Å². The van der Waals surface area contributed by atoms with Gasteiger partial charge in [-0.05, 0) is 0 Å². The van der Waals surface area contributed by atoms with Gasteiger partial charge in [-0.15, -0.1) is 16.7 Å². The molecule has 2 aromatic rings. The summed E-state index contributed by atoms with van der Waals surface area (Å²) in [5.74, 6) is 0.595. The lowest BCUT2D eigenvalue weighted by Gasteiger charge is -2.41. The van der Waals surface area contributed by atoms with Gasteiger partial charge >= 0.3 is 0 Å². The van der Waals surface area contributed by atoms with Crippen LogP contribution in [0.3, 0.4) is 0 Å². The van der Waals surface area contributed by atoms with Crippen LogP contribution in [0.5, 0.6) is 0 Å². The van der Waals surface area contributed by atoms with E-state index >= 15 is 0 Å². The fourth-order valence-corrected chi connectivity index (χ4v) is 2.78. The molecule has 0 amide bonds. The van der Waals surface area contributed by atoms with E-state index in [1.807, 2.05) is 0 Å². The van der Waals surface area contributed by atoms with Crippen molar-refractivity contribution in [2.75, 3.05) is 24.4 Å². The topological polar surface area (TPSA) is 161 Å². The molecule has 0 spiro atoms. The quantitative estimate of drug-likeness (QED) is 0.373. The average Bonchev–Trinajstić information content (AvgIpc) is 3.16. The Morgan fingerprint density at radius 3 is 2.74 bits per heavy atom. The van der Waals surface area contributed by atoms with E-state index in [2.05, 4.69) is 30.6 Å². The highest BCUT2D eigenvalue weighted by atomic mass is 35.5. The number of alkyl halides is 1. The summed E-state index contributed by atoms with van der Waals surface area (Å²) in [6.07, 6.45) is -0.252. The Balaban J connectivity index is 1.72. The molecule has 27 heavy (non-hydrogen) atoms. The number of aromatic nitrogens is 6. The molecule has 5 atom stereocenters. The van der Waals surface area contributed by atoms with Crippen molar-refractivity contribution in [2.24, 2.45) is 0 Å². The minimum absolute atomic E-state index is 0.159. The number of rotatable bonds is 8. The first kappa shape index (κ1) is 19.8. The summed E-state index contributed by atoms with van der Waals surface area (Å²) in [6, 6.07) is -0.871. The summed E-state index contributed by atoms with van der Waals surface area (Å²) in [7, 11) is 0. The van der Waals surface area contributed by atoms with Crippen molar-refractivity contribution in [3.8, 4) is 0 Å². The molecule has 2 aromatic heterocycles. The second-order valence-corrected chi connectivity index (χ2v) is 6.14. The van der Waals surface area contributed by atoms with E-state index in [9.17, 15) is 15.3 Å². The van der Waals surface area contributed by atoms with Crippen molar-refractivity contribution in [3.05, 3.63) is 24.5 Å². The number of hydrogen-bond donors (Lipinski definition) is 4. The highest BCUT2D eigenvalue weighted by Gasteiger charge is 2.46. The van der Waals surface area contributed by atoms with Gasteiger partial charge in [0.25, 0.3) is 0 Å². The summed E-state index contributed by atoms with van der Waals surface area (Å²) in [5, 5.41) is 40.9. The van der Waals surface area contributed by atoms with Gasteiger partial charge < -0.3 is 30.1 Å². The molecule has 2 unspecified atom stereocenters. The normalized spacial score (nSPS) is 28.2. The van der Waals surface area contributed by atoms with E-state index in [0.717, 1.165) is 0 Å². The van der Waals surface area contributed by atoms with Gasteiger partial charge in [0.2, 0.25) is 5.95 Å². The fourth-order valence-electron chi connectivity index (χ4n) is 2.69. The standard InChI is InChI=1S/C14H20ClN7O5/c15-1-2-26-13-10(12(25)11(24)9(5-23)27-13)22-4-8(20-21-22)3-17-14-18-6-16-7-19-14/h4,6-7,9-13,23-25H,1-3,5H2,(H,16,17,18,19)/t9?,10?,11-,12-,13+/m1/s1. The van der Waals surface area contributed by atoms with Gasteiger partial charge in [-0.25, -0.2) is 19.6 Å². The Morgan fingerprint density at radius 2 is 2.04 bits per heavy atom. The van der Waals surface area contributed by atoms with Crippen molar-refractivity contribution < 1.29 is 24.8 Å². The van der Waals surface area contributed by atoms with Crippen molar-refractivity contribution in [1.82, 2.24) is 29.9 Å². The Kier molecular flexibility index (Phi) is 6.82. The monoisotopic (exact) mass is 401 g/mol. The third-order valence-corrected chi connectivity index (χ3v) is 4.15. The van der Waals surface area contributed by atoms with E-state index in [0.29, 0.717) is 11.6 Å². The molecule has 3 heterocycles. The molecule has 0 aliphatic carbocycles. The smallest absolute Gasteiger partial charge is 0.225 e. The maximum Gasteiger partial charge on any atom is 0.225 e. The lowest BCUT2D eigenvalue weighted by Crippen LogP contribution is -2.57. The molecular weight excluding hydrogens is 382 g/mol. The van der Waals surface area contributed by atoms with Crippen molar-refractivity contribution in [2.45, 2.75) is 37.2 Å². The van der Waals surface area contributed by atoms with Crippen LogP contribution in [0.4, 0.5) is 5.95 Å². The van der Waals surface area contributed by atoms with E-state index in [4.69, 9.17) is 21.1 Å². The number of halogens is 1. The minimum atomic E-state index is -1.31. The number of anilines is 1. The second-order valence-electron chi connectivity index (χ2n) is 5.76. The Hall–Kier alpha value is -1.96. The van der Waals surface area contributed by atoms with Gasteiger partial charge in [0.15, 0.2) is 6.29 Å². The molecule has 3 rings (SSSR count). The van der Waals surface area contributed by atoms with Crippen LogP contribution in [0.2, 0.25) is 0 Å². The predicted octanol–water partition coefficient (Wildman–Crippen LogP) is -1.69. The van der Waals surface area contributed by atoms with Gasteiger partial charge in [-0.1, -0.05) is 5.21 Å². The van der Waals surface area contributed by atoms with Crippen molar-refractivity contribution >= 4 is 17.5 Å². The maximum atomic E-state index is 10.5. The number of nitrogens with zero attached hydrogens (tertiary/aromatic N) is 6. The highest BCUT2D eigenvalue weighted by molar-refractivity contribution is 6.17. The molecule has 1 aliphatic rings. The van der Waals surface area contributed by atoms with E-state index < -0.39 is 37.3 Å². The number of aliphatic hydroxyl groups excluding tert-OH is 3. The van der Waals surface area contributed by atoms with Crippen molar-refractivity contribution in [1.29, 1.82) is 0 Å². The summed E-state index contributed by atoms with van der Waals surface area (Å²) in [4.78, 5) is 11.6. The van der Waals surface area contributed by atoms with Crippen LogP contribution in [-0.2, 0) is 16.0 Å². The second kappa shape index (κ2) is 9.30. The van der Waals surface area contributed by atoms with Crippen LogP contribution in [0.25, 0.3) is 0 Å². The molecular formula is C14H20ClN7O5. The lowest BCUT2D eigenvalue weighted by atomic mass is 9.97. The fraction of sp³-hybridized carbons (Fsp3) is 0.643. The first-order valence-electron chi connectivity index (χ1n) is 8.20. The minimum Gasteiger partial charge on any atom is -0.394 e. The van der Waals surface area contributed by atoms with Gasteiger partial charge in [0, 0.05) is 5.88 Å². The molecule has 4 N–H and O–H groups in total. The number of nitrogens with one attached hydrogen (secondary N) is 1. The summed E-state index contributed by atoms with van der Waals surface area (Å²) >= 11 is 5.65. The number of hydrogen-bond acceptors (Lipinski definition) is 11. The van der Waals surface area contributed by atoms with Crippen LogP contribution in [0.15, 0.2) is 18.9 Å². The molecule has 13 heteroatoms. The molecule has 0 radical (unpaired) electrons. The predicted molar refractivity (Wildman–Crippen MR) is 90.6 cm³/mol. The molecule has 0 aromatic carbocycles. The molecule has 1 saturated heterocycles. The zero-order chi connectivity index (χ0) is 19.2. The highest BCUT2D eigenvalue weighted by Crippen LogP contribution is 2.30. The van der Waals surface area contributed by atoms with Crippen LogP contribution >= 0.6 is 11.6 Å². The van der Waals surface area contributed by atoms with Gasteiger partial charge in [-0.2, -0.15) is 0 Å². The summed E-state index contributed by atoms with van der Waals surface area (Å²) < 4.78 is 12.4. The molecule has 0 bridgehead atoms. The summed E-state index contributed by atoms with van der Waals surface area (Å²) in [6.45, 7) is -0.0287. The molecule has 12 nitrogen and oxygen atoms in total. The first-order valence-corrected chi connectivity index (χ1v) is 8.74. The molecule has 148 valence electrons. The van der Waals surface area contributed by atoms with Crippen LogP contribution in [0.1, 0.15) is 11.7 Å². The number of aliphatic hydroxyl groups is 3. The van der Waals surface area contributed by atoms with Crippen molar-refractivity contribution in [3.63, 3.8) is 0 Å². The Labute approximate surface area is 159 Å². The van der Waals surface area contributed by atoms with Crippen LogP contribution in [-0.4, -0.2) is 89.0 Å². The lowest BCUT2D eigenvalue weighted by molar-refractivity contribution is -0.280. The Morgan fingerprint density at radius 1 is 1.26 bits per heavy atom. The largest absolute Gasteiger partial charge is 0.394 e. The van der Waals surface area contributed by atoms with Gasteiger partial charge in [0.1, 0.15) is 42.7 Å². The summed E-state index contributed by atoms with van der Waals surface area (Å²) in [5.41, 5.74) is 0.539. The zero-order valence-corrected chi connectivity index (χ0v) is 14.9. The third-order valence-electron chi connectivity index (χ3n) is 3.99. The molecule has 0 saturated carbocycles. The third kappa shape index (κ3) is 4.66. The zero-order valence-electron chi connectivity index (χ0n) is 14.2. The van der Waals surface area contributed by atoms with Gasteiger partial charge in [-0.3, -0.25) is 0 Å². The average molecular weight is 402 g/mol. The Bertz CT molecular complexity index is 708. The number of ether oxygens (including phenoxy) is 2. The van der Waals surface area contributed by atoms with Gasteiger partial charge in [0.05, 0.1) is 26.0 Å². The van der Waals surface area contributed by atoms with E-state index in [-0.39, 0.29) is 19.0 Å².